The van der Waals surface area contributed by atoms with E-state index in [2.05, 4.69) is 39.4 Å². The fourth-order valence-corrected chi connectivity index (χ4v) is 3.22. The lowest BCUT2D eigenvalue weighted by atomic mass is 9.88. The van der Waals surface area contributed by atoms with E-state index in [1.54, 1.807) is 12.1 Å². The standard InChI is InChI=1S/C17H17BrN2O/c18-14-5-1-13-10-16(8-4-12(13)9-14)20-15-6-2-11(3-7-15)17(19)21/h1-3,5-7,9,16,20H,4,8,10H2,(H2,19,21). The minimum Gasteiger partial charge on any atom is -0.382 e. The van der Waals surface area contributed by atoms with E-state index in [0.29, 0.717) is 11.6 Å². The van der Waals surface area contributed by atoms with Crippen molar-refractivity contribution >= 4 is 27.5 Å². The Bertz CT molecular complexity index is 667. The summed E-state index contributed by atoms with van der Waals surface area (Å²) in [5.41, 5.74) is 9.67. The van der Waals surface area contributed by atoms with Crippen molar-refractivity contribution in [3.05, 3.63) is 63.6 Å². The molecule has 0 aromatic heterocycles. The molecule has 2 aromatic carbocycles. The van der Waals surface area contributed by atoms with Crippen LogP contribution in [-0.2, 0) is 12.8 Å². The zero-order chi connectivity index (χ0) is 14.8. The maximum Gasteiger partial charge on any atom is 0.248 e. The number of hydrogen-bond acceptors (Lipinski definition) is 2. The molecular formula is C17H17BrN2O. The van der Waals surface area contributed by atoms with Crippen molar-refractivity contribution < 1.29 is 4.79 Å². The van der Waals surface area contributed by atoms with Crippen LogP contribution in [0.4, 0.5) is 5.69 Å². The number of hydrogen-bond donors (Lipinski definition) is 2. The number of benzene rings is 2. The molecule has 21 heavy (non-hydrogen) atoms. The first kappa shape index (κ1) is 14.1. The molecular weight excluding hydrogens is 328 g/mol. The molecule has 108 valence electrons. The average Bonchev–Trinajstić information content (AvgIpc) is 2.48. The first-order valence-corrected chi connectivity index (χ1v) is 7.85. The van der Waals surface area contributed by atoms with Gasteiger partial charge in [0.25, 0.3) is 0 Å². The van der Waals surface area contributed by atoms with Crippen LogP contribution in [0.25, 0.3) is 0 Å². The Morgan fingerprint density at radius 1 is 1.14 bits per heavy atom. The van der Waals surface area contributed by atoms with E-state index in [9.17, 15) is 4.79 Å². The van der Waals surface area contributed by atoms with Crippen molar-refractivity contribution in [1.82, 2.24) is 0 Å². The second kappa shape index (κ2) is 5.90. The quantitative estimate of drug-likeness (QED) is 0.894. The van der Waals surface area contributed by atoms with Crippen LogP contribution >= 0.6 is 15.9 Å². The molecule has 1 unspecified atom stereocenters. The van der Waals surface area contributed by atoms with Crippen molar-refractivity contribution in [3.63, 3.8) is 0 Å². The molecule has 0 radical (unpaired) electrons. The third kappa shape index (κ3) is 3.27. The minimum atomic E-state index is -0.390. The predicted molar refractivity (Wildman–Crippen MR) is 88.5 cm³/mol. The summed E-state index contributed by atoms with van der Waals surface area (Å²) in [6, 6.07) is 14.3. The van der Waals surface area contributed by atoms with Gasteiger partial charge < -0.3 is 11.1 Å². The topological polar surface area (TPSA) is 55.1 Å². The summed E-state index contributed by atoms with van der Waals surface area (Å²) < 4.78 is 1.15. The van der Waals surface area contributed by atoms with Crippen molar-refractivity contribution in [2.45, 2.75) is 25.3 Å². The number of aryl methyl sites for hydroxylation is 1. The Hall–Kier alpha value is -1.81. The predicted octanol–water partition coefficient (Wildman–Crippen LogP) is 3.52. The van der Waals surface area contributed by atoms with Gasteiger partial charge in [0, 0.05) is 21.8 Å². The SMILES string of the molecule is NC(=O)c1ccc(NC2CCc3cc(Br)ccc3C2)cc1. The molecule has 1 aliphatic rings. The molecule has 4 heteroatoms. The third-order valence-corrected chi connectivity index (χ3v) is 4.43. The van der Waals surface area contributed by atoms with E-state index < -0.39 is 5.91 Å². The van der Waals surface area contributed by atoms with Gasteiger partial charge in [0.1, 0.15) is 0 Å². The van der Waals surface area contributed by atoms with Gasteiger partial charge in [0.2, 0.25) is 5.91 Å². The molecule has 1 amide bonds. The molecule has 3 rings (SSSR count). The first-order valence-electron chi connectivity index (χ1n) is 7.05. The average molecular weight is 345 g/mol. The van der Waals surface area contributed by atoms with Crippen molar-refractivity contribution in [3.8, 4) is 0 Å². The van der Waals surface area contributed by atoms with Crippen molar-refractivity contribution in [1.29, 1.82) is 0 Å². The van der Waals surface area contributed by atoms with Crippen LogP contribution in [0.15, 0.2) is 46.9 Å². The zero-order valence-corrected chi connectivity index (χ0v) is 13.2. The fourth-order valence-electron chi connectivity index (χ4n) is 2.81. The van der Waals surface area contributed by atoms with Crippen molar-refractivity contribution in [2.24, 2.45) is 5.73 Å². The van der Waals surface area contributed by atoms with E-state index in [1.165, 1.54) is 11.1 Å². The van der Waals surface area contributed by atoms with Crippen LogP contribution in [0.1, 0.15) is 27.9 Å². The van der Waals surface area contributed by atoms with Crippen LogP contribution in [-0.4, -0.2) is 11.9 Å². The summed E-state index contributed by atoms with van der Waals surface area (Å²) in [6.07, 6.45) is 3.23. The number of anilines is 1. The second-order valence-corrected chi connectivity index (χ2v) is 6.35. The number of nitrogens with one attached hydrogen (secondary N) is 1. The second-order valence-electron chi connectivity index (χ2n) is 5.44. The molecule has 2 aromatic rings. The van der Waals surface area contributed by atoms with Gasteiger partial charge in [-0.1, -0.05) is 22.0 Å². The number of carbonyl (C=O) groups is 1. The van der Waals surface area contributed by atoms with Gasteiger partial charge in [0.05, 0.1) is 0 Å². The monoisotopic (exact) mass is 344 g/mol. The van der Waals surface area contributed by atoms with Crippen molar-refractivity contribution in [2.75, 3.05) is 5.32 Å². The number of primary amides is 1. The van der Waals surface area contributed by atoms with Crippen LogP contribution in [0.3, 0.4) is 0 Å². The lowest BCUT2D eigenvalue weighted by molar-refractivity contribution is 0.100. The van der Waals surface area contributed by atoms with Gasteiger partial charge >= 0.3 is 0 Å². The van der Waals surface area contributed by atoms with E-state index >= 15 is 0 Å². The normalized spacial score (nSPS) is 17.1. The highest BCUT2D eigenvalue weighted by atomic mass is 79.9. The highest BCUT2D eigenvalue weighted by Crippen LogP contribution is 2.26. The van der Waals surface area contributed by atoms with Crippen LogP contribution in [0.2, 0.25) is 0 Å². The van der Waals surface area contributed by atoms with E-state index in [0.717, 1.165) is 29.4 Å². The molecule has 0 fully saturated rings. The first-order chi connectivity index (χ1) is 10.1. The van der Waals surface area contributed by atoms with Gasteiger partial charge in [-0.25, -0.2) is 0 Å². The Labute approximate surface area is 132 Å². The Balaban J connectivity index is 1.69. The number of amides is 1. The Kier molecular flexibility index (Phi) is 3.97. The van der Waals surface area contributed by atoms with Gasteiger partial charge in [0.15, 0.2) is 0 Å². The summed E-state index contributed by atoms with van der Waals surface area (Å²) in [5, 5.41) is 3.54. The highest BCUT2D eigenvalue weighted by molar-refractivity contribution is 9.10. The molecule has 3 N–H and O–H groups in total. The maximum atomic E-state index is 11.1. The number of rotatable bonds is 3. The summed E-state index contributed by atoms with van der Waals surface area (Å²) in [7, 11) is 0. The summed E-state index contributed by atoms with van der Waals surface area (Å²) in [6.45, 7) is 0. The number of halogens is 1. The van der Waals surface area contributed by atoms with E-state index in [4.69, 9.17) is 5.73 Å². The lowest BCUT2D eigenvalue weighted by Crippen LogP contribution is -2.27. The van der Waals surface area contributed by atoms with Gasteiger partial charge in [-0.15, -0.1) is 0 Å². The van der Waals surface area contributed by atoms with Crippen LogP contribution < -0.4 is 11.1 Å². The Morgan fingerprint density at radius 2 is 1.90 bits per heavy atom. The molecule has 0 aliphatic heterocycles. The summed E-state index contributed by atoms with van der Waals surface area (Å²) in [5.74, 6) is -0.390. The molecule has 0 spiro atoms. The summed E-state index contributed by atoms with van der Waals surface area (Å²) >= 11 is 3.52. The zero-order valence-electron chi connectivity index (χ0n) is 11.6. The maximum absolute atomic E-state index is 11.1. The molecule has 0 saturated heterocycles. The molecule has 3 nitrogen and oxygen atoms in total. The highest BCUT2D eigenvalue weighted by Gasteiger charge is 2.18. The number of carbonyl (C=O) groups excluding carboxylic acids is 1. The largest absolute Gasteiger partial charge is 0.382 e. The number of nitrogens with two attached hydrogens (primary N) is 1. The van der Waals surface area contributed by atoms with Gasteiger partial charge in [-0.05, 0) is 66.8 Å². The minimum absolute atomic E-state index is 0.390. The third-order valence-electron chi connectivity index (χ3n) is 3.94. The molecule has 0 heterocycles. The smallest absolute Gasteiger partial charge is 0.248 e. The van der Waals surface area contributed by atoms with Gasteiger partial charge in [-0.2, -0.15) is 0 Å². The van der Waals surface area contributed by atoms with Crippen LogP contribution in [0, 0.1) is 0 Å². The molecule has 0 bridgehead atoms. The number of fused-ring (bicyclic) bond motifs is 1. The Morgan fingerprint density at radius 3 is 2.62 bits per heavy atom. The van der Waals surface area contributed by atoms with E-state index in [-0.39, 0.29) is 0 Å². The lowest BCUT2D eigenvalue weighted by Gasteiger charge is -2.26. The van der Waals surface area contributed by atoms with Gasteiger partial charge in [-0.3, -0.25) is 4.79 Å². The van der Waals surface area contributed by atoms with Crippen LogP contribution in [0.5, 0.6) is 0 Å². The molecule has 0 saturated carbocycles. The molecule has 1 atom stereocenters. The van der Waals surface area contributed by atoms with E-state index in [1.807, 2.05) is 12.1 Å². The summed E-state index contributed by atoms with van der Waals surface area (Å²) in [4.78, 5) is 11.1. The molecule has 1 aliphatic carbocycles. The fraction of sp³-hybridized carbons (Fsp3) is 0.235.